The van der Waals surface area contributed by atoms with E-state index < -0.39 is 0 Å². The van der Waals surface area contributed by atoms with Gasteiger partial charge in [0.2, 0.25) is 5.91 Å². The fourth-order valence-electron chi connectivity index (χ4n) is 2.46. The minimum absolute atomic E-state index is 0.0199. The molecule has 0 aliphatic rings. The molecule has 0 saturated carbocycles. The number of ether oxygens (including phenoxy) is 1. The number of rotatable bonds is 7. The summed E-state index contributed by atoms with van der Waals surface area (Å²) in [5.74, 6) is 1.84. The molecule has 0 spiro atoms. The number of halogens is 1. The molecule has 0 radical (unpaired) electrons. The van der Waals surface area contributed by atoms with E-state index in [9.17, 15) is 4.79 Å². The first-order valence-electron chi connectivity index (χ1n) is 8.15. The van der Waals surface area contributed by atoms with E-state index in [1.165, 1.54) is 23.1 Å². The lowest BCUT2D eigenvalue weighted by Crippen LogP contribution is -2.27. The second-order valence-corrected chi connectivity index (χ2v) is 8.55. The normalized spacial score (nSPS) is 10.8. The molecule has 9 heteroatoms. The molecule has 1 amide bonds. The number of hydrogen-bond acceptors (Lipinski definition) is 6. The van der Waals surface area contributed by atoms with Gasteiger partial charge in [-0.3, -0.25) is 9.36 Å². The van der Waals surface area contributed by atoms with Crippen molar-refractivity contribution in [3.05, 3.63) is 51.4 Å². The molecule has 27 heavy (non-hydrogen) atoms. The number of amides is 1. The zero-order chi connectivity index (χ0) is 19.4. The largest absolute Gasteiger partial charge is 0.497 e. The number of aryl methyl sites for hydroxylation is 1. The zero-order valence-corrected chi connectivity index (χ0v) is 17.6. The van der Waals surface area contributed by atoms with Gasteiger partial charge in [0.05, 0.1) is 23.7 Å². The van der Waals surface area contributed by atoms with Gasteiger partial charge < -0.3 is 9.64 Å². The summed E-state index contributed by atoms with van der Waals surface area (Å²) >= 11 is 8.80. The Balaban J connectivity index is 1.66. The first-order chi connectivity index (χ1) is 13.0. The Hall–Kier alpha value is -2.03. The number of nitrogens with zero attached hydrogens (tertiary/aromatic N) is 4. The summed E-state index contributed by atoms with van der Waals surface area (Å²) < 4.78 is 7.85. The van der Waals surface area contributed by atoms with Crippen LogP contribution in [0.1, 0.15) is 10.7 Å². The molecule has 0 N–H and O–H groups in total. The summed E-state index contributed by atoms with van der Waals surface area (Å²) in [6.45, 7) is 2.43. The van der Waals surface area contributed by atoms with Crippen LogP contribution < -0.4 is 4.74 Å². The zero-order valence-electron chi connectivity index (χ0n) is 15.2. The van der Waals surface area contributed by atoms with Crippen LogP contribution in [0.15, 0.2) is 41.6 Å². The molecule has 2 heterocycles. The Bertz CT molecular complexity index is 924. The summed E-state index contributed by atoms with van der Waals surface area (Å²) in [5, 5.41) is 9.04. The van der Waals surface area contributed by atoms with Crippen LogP contribution in [0, 0.1) is 6.92 Å². The van der Waals surface area contributed by atoms with Crippen LogP contribution in [0.3, 0.4) is 0 Å². The van der Waals surface area contributed by atoms with Crippen LogP contribution in [0.5, 0.6) is 5.75 Å². The highest BCUT2D eigenvalue weighted by molar-refractivity contribution is 7.99. The van der Waals surface area contributed by atoms with Crippen molar-refractivity contribution in [2.45, 2.75) is 18.6 Å². The fraction of sp³-hybridized carbons (Fsp3) is 0.278. The van der Waals surface area contributed by atoms with Crippen LogP contribution in [0.4, 0.5) is 0 Å². The summed E-state index contributed by atoms with van der Waals surface area (Å²) in [6.07, 6.45) is 0. The number of methoxy groups -OCH3 is 1. The van der Waals surface area contributed by atoms with Crippen LogP contribution in [0.2, 0.25) is 4.34 Å². The average Bonchev–Trinajstić information content (AvgIpc) is 3.24. The quantitative estimate of drug-likeness (QED) is 0.537. The van der Waals surface area contributed by atoms with Gasteiger partial charge >= 0.3 is 0 Å². The lowest BCUT2D eigenvalue weighted by molar-refractivity contribution is -0.127. The van der Waals surface area contributed by atoms with Gasteiger partial charge in [-0.25, -0.2) is 0 Å². The van der Waals surface area contributed by atoms with Gasteiger partial charge in [0.15, 0.2) is 5.16 Å². The van der Waals surface area contributed by atoms with Crippen LogP contribution in [-0.2, 0) is 11.3 Å². The second-order valence-electron chi connectivity index (χ2n) is 5.81. The lowest BCUT2D eigenvalue weighted by Gasteiger charge is -2.16. The Morgan fingerprint density at radius 1 is 1.26 bits per heavy atom. The number of thioether (sulfide) groups is 1. The Morgan fingerprint density at radius 2 is 2.00 bits per heavy atom. The SMILES string of the molecule is COc1ccc(-n2c(C)nnc2SCC(=O)N(C)Cc2ccc(Cl)s2)cc1. The van der Waals surface area contributed by atoms with Crippen LogP contribution in [-0.4, -0.2) is 45.5 Å². The molecular weight excluding hydrogens is 404 g/mol. The maximum Gasteiger partial charge on any atom is 0.233 e. The van der Waals surface area contributed by atoms with E-state index in [4.69, 9.17) is 16.3 Å². The van der Waals surface area contributed by atoms with Gasteiger partial charge in [-0.05, 0) is 43.3 Å². The Kier molecular flexibility index (Phi) is 6.41. The van der Waals surface area contributed by atoms with Gasteiger partial charge in [0.1, 0.15) is 11.6 Å². The minimum Gasteiger partial charge on any atom is -0.497 e. The van der Waals surface area contributed by atoms with Crippen molar-refractivity contribution in [2.24, 2.45) is 0 Å². The lowest BCUT2D eigenvalue weighted by atomic mass is 10.3. The Labute approximate surface area is 171 Å². The molecular formula is C18H19ClN4O2S2. The highest BCUT2D eigenvalue weighted by atomic mass is 35.5. The van der Waals surface area contributed by atoms with Crippen molar-refractivity contribution >= 4 is 40.6 Å². The molecule has 6 nitrogen and oxygen atoms in total. The van der Waals surface area contributed by atoms with Crippen molar-refractivity contribution in [3.8, 4) is 11.4 Å². The highest BCUT2D eigenvalue weighted by Crippen LogP contribution is 2.25. The first kappa shape index (κ1) is 19.7. The van der Waals surface area contributed by atoms with Crippen molar-refractivity contribution in [1.82, 2.24) is 19.7 Å². The van der Waals surface area contributed by atoms with E-state index in [1.54, 1.807) is 19.1 Å². The number of carbonyl (C=O) groups is 1. The maximum atomic E-state index is 12.5. The van der Waals surface area contributed by atoms with Crippen molar-refractivity contribution < 1.29 is 9.53 Å². The molecule has 0 aliphatic carbocycles. The molecule has 0 fully saturated rings. The topological polar surface area (TPSA) is 60.2 Å². The van der Waals surface area contributed by atoms with Gasteiger partial charge in [0.25, 0.3) is 0 Å². The predicted octanol–water partition coefficient (Wildman–Crippen LogP) is 4.05. The summed E-state index contributed by atoms with van der Waals surface area (Å²) in [5.41, 5.74) is 0.926. The smallest absolute Gasteiger partial charge is 0.233 e. The fourth-order valence-corrected chi connectivity index (χ4v) is 4.54. The number of aromatic nitrogens is 3. The van der Waals surface area contributed by atoms with E-state index in [2.05, 4.69) is 10.2 Å². The first-order valence-corrected chi connectivity index (χ1v) is 10.3. The Morgan fingerprint density at radius 3 is 2.63 bits per heavy atom. The molecule has 2 aromatic heterocycles. The molecule has 1 aromatic carbocycles. The monoisotopic (exact) mass is 422 g/mol. The molecule has 0 unspecified atom stereocenters. The molecule has 0 bridgehead atoms. The number of hydrogen-bond donors (Lipinski definition) is 0. The molecule has 3 rings (SSSR count). The predicted molar refractivity (Wildman–Crippen MR) is 109 cm³/mol. The van der Waals surface area contributed by atoms with Gasteiger partial charge in [-0.2, -0.15) is 0 Å². The second kappa shape index (κ2) is 8.77. The van der Waals surface area contributed by atoms with Gasteiger partial charge in [-0.15, -0.1) is 21.5 Å². The number of benzene rings is 1. The molecule has 0 atom stereocenters. The minimum atomic E-state index is 0.0199. The third kappa shape index (κ3) is 4.82. The third-order valence-electron chi connectivity index (χ3n) is 3.90. The van der Waals surface area contributed by atoms with Gasteiger partial charge in [-0.1, -0.05) is 23.4 Å². The molecule has 0 saturated heterocycles. The van der Waals surface area contributed by atoms with Crippen LogP contribution >= 0.6 is 34.7 Å². The highest BCUT2D eigenvalue weighted by Gasteiger charge is 2.16. The van der Waals surface area contributed by atoms with Crippen molar-refractivity contribution in [1.29, 1.82) is 0 Å². The average molecular weight is 423 g/mol. The molecule has 3 aromatic rings. The van der Waals surface area contributed by atoms with E-state index >= 15 is 0 Å². The standard InChI is InChI=1S/C18H19ClN4O2S2/c1-12-20-21-18(23(12)13-4-6-14(25-3)7-5-13)26-11-17(24)22(2)10-15-8-9-16(19)27-15/h4-9H,10-11H2,1-3H3. The van der Waals surface area contributed by atoms with Crippen molar-refractivity contribution in [3.63, 3.8) is 0 Å². The van der Waals surface area contributed by atoms with E-state index in [1.807, 2.05) is 47.9 Å². The van der Waals surface area contributed by atoms with E-state index in [0.717, 1.165) is 26.5 Å². The van der Waals surface area contributed by atoms with E-state index in [-0.39, 0.29) is 11.7 Å². The van der Waals surface area contributed by atoms with Crippen LogP contribution in [0.25, 0.3) is 5.69 Å². The molecule has 0 aliphatic heterocycles. The third-order valence-corrected chi connectivity index (χ3v) is 6.03. The summed E-state index contributed by atoms with van der Waals surface area (Å²) in [6, 6.07) is 11.4. The summed E-state index contributed by atoms with van der Waals surface area (Å²) in [7, 11) is 3.42. The molecule has 142 valence electrons. The van der Waals surface area contributed by atoms with E-state index in [0.29, 0.717) is 11.7 Å². The van der Waals surface area contributed by atoms with Crippen molar-refractivity contribution in [2.75, 3.05) is 19.9 Å². The number of carbonyl (C=O) groups excluding carboxylic acids is 1. The maximum absolute atomic E-state index is 12.5. The number of thiophene rings is 1. The van der Waals surface area contributed by atoms with Gasteiger partial charge in [0, 0.05) is 17.6 Å². The summed E-state index contributed by atoms with van der Waals surface area (Å²) in [4.78, 5) is 15.2.